The molecule has 0 unspecified atom stereocenters. The van der Waals surface area contributed by atoms with Crippen molar-refractivity contribution in [2.75, 3.05) is 5.32 Å². The Bertz CT molecular complexity index is 874. The molecule has 0 spiro atoms. The van der Waals surface area contributed by atoms with Gasteiger partial charge in [-0.05, 0) is 30.0 Å². The monoisotopic (exact) mass is 347 g/mol. The number of hydrogen-bond acceptors (Lipinski definition) is 3. The van der Waals surface area contributed by atoms with E-state index in [2.05, 4.69) is 15.3 Å². The molecule has 26 heavy (non-hydrogen) atoms. The summed E-state index contributed by atoms with van der Waals surface area (Å²) in [5.74, 6) is 0.114. The van der Waals surface area contributed by atoms with E-state index in [0.717, 1.165) is 29.5 Å². The SMILES string of the molecule is Fc1cnc(NC2CCCCC2)nc1-c1cccc(-c2ccccc2)c1. The smallest absolute Gasteiger partial charge is 0.223 e. The molecule has 0 saturated heterocycles. The van der Waals surface area contributed by atoms with Gasteiger partial charge in [-0.3, -0.25) is 0 Å². The van der Waals surface area contributed by atoms with Crippen molar-refractivity contribution in [2.45, 2.75) is 38.1 Å². The van der Waals surface area contributed by atoms with Gasteiger partial charge in [0.15, 0.2) is 5.82 Å². The first kappa shape index (κ1) is 16.7. The van der Waals surface area contributed by atoms with Crippen LogP contribution in [0.2, 0.25) is 0 Å². The average molecular weight is 347 g/mol. The van der Waals surface area contributed by atoms with E-state index >= 15 is 0 Å². The minimum Gasteiger partial charge on any atom is -0.351 e. The van der Waals surface area contributed by atoms with E-state index in [1.807, 2.05) is 54.6 Å². The topological polar surface area (TPSA) is 37.8 Å². The lowest BCUT2D eigenvalue weighted by molar-refractivity contribution is 0.460. The number of nitrogens with zero attached hydrogens (tertiary/aromatic N) is 2. The molecule has 4 rings (SSSR count). The van der Waals surface area contributed by atoms with E-state index in [4.69, 9.17) is 0 Å². The van der Waals surface area contributed by atoms with E-state index in [9.17, 15) is 4.39 Å². The number of anilines is 1. The Labute approximate surface area is 153 Å². The second-order valence-electron chi connectivity index (χ2n) is 6.82. The molecule has 0 bridgehead atoms. The van der Waals surface area contributed by atoms with Gasteiger partial charge in [-0.15, -0.1) is 0 Å². The first-order valence-electron chi connectivity index (χ1n) is 9.24. The van der Waals surface area contributed by atoms with Crippen molar-refractivity contribution in [2.24, 2.45) is 0 Å². The molecule has 0 aliphatic heterocycles. The highest BCUT2D eigenvalue weighted by Gasteiger charge is 2.16. The average Bonchev–Trinajstić information content (AvgIpc) is 2.71. The van der Waals surface area contributed by atoms with Crippen LogP contribution in [0.1, 0.15) is 32.1 Å². The zero-order chi connectivity index (χ0) is 17.8. The minimum atomic E-state index is -0.399. The van der Waals surface area contributed by atoms with E-state index < -0.39 is 5.82 Å². The van der Waals surface area contributed by atoms with Crippen LogP contribution in [-0.2, 0) is 0 Å². The zero-order valence-corrected chi connectivity index (χ0v) is 14.7. The quantitative estimate of drug-likeness (QED) is 0.658. The Morgan fingerprint density at radius 3 is 2.38 bits per heavy atom. The van der Waals surface area contributed by atoms with Gasteiger partial charge in [0, 0.05) is 11.6 Å². The summed E-state index contributed by atoms with van der Waals surface area (Å²) in [5.41, 5.74) is 3.25. The third-order valence-corrected chi connectivity index (χ3v) is 4.93. The number of benzene rings is 2. The molecule has 1 aliphatic rings. The lowest BCUT2D eigenvalue weighted by atomic mass is 9.96. The van der Waals surface area contributed by atoms with E-state index in [1.165, 1.54) is 25.5 Å². The van der Waals surface area contributed by atoms with Crippen LogP contribution < -0.4 is 5.32 Å². The van der Waals surface area contributed by atoms with Crippen LogP contribution in [0.3, 0.4) is 0 Å². The molecule has 4 heteroatoms. The van der Waals surface area contributed by atoms with Gasteiger partial charge in [0.2, 0.25) is 5.95 Å². The Kier molecular flexibility index (Phi) is 4.91. The largest absolute Gasteiger partial charge is 0.351 e. The predicted molar refractivity (Wildman–Crippen MR) is 103 cm³/mol. The maximum atomic E-state index is 14.4. The molecule has 1 N–H and O–H groups in total. The fraction of sp³-hybridized carbons (Fsp3) is 0.273. The molecule has 1 heterocycles. The van der Waals surface area contributed by atoms with Crippen molar-refractivity contribution in [3.8, 4) is 22.4 Å². The number of rotatable bonds is 4. The summed E-state index contributed by atoms with van der Waals surface area (Å²) in [6.07, 6.45) is 7.26. The molecule has 1 fully saturated rings. The second-order valence-corrected chi connectivity index (χ2v) is 6.82. The predicted octanol–water partition coefficient (Wildman–Crippen LogP) is 5.69. The summed E-state index contributed by atoms with van der Waals surface area (Å²) in [4.78, 5) is 8.62. The molecule has 1 aromatic heterocycles. The van der Waals surface area contributed by atoms with Crippen LogP contribution in [-0.4, -0.2) is 16.0 Å². The molecule has 1 saturated carbocycles. The molecule has 2 aromatic carbocycles. The summed E-state index contributed by atoms with van der Waals surface area (Å²) < 4.78 is 14.4. The van der Waals surface area contributed by atoms with Crippen LogP contribution in [0.5, 0.6) is 0 Å². The minimum absolute atomic E-state index is 0.344. The van der Waals surface area contributed by atoms with Crippen molar-refractivity contribution < 1.29 is 4.39 Å². The molecule has 132 valence electrons. The van der Waals surface area contributed by atoms with Crippen molar-refractivity contribution >= 4 is 5.95 Å². The fourth-order valence-electron chi connectivity index (χ4n) is 3.55. The van der Waals surface area contributed by atoms with Crippen molar-refractivity contribution in [1.82, 2.24) is 9.97 Å². The van der Waals surface area contributed by atoms with Crippen LogP contribution in [0, 0.1) is 5.82 Å². The van der Waals surface area contributed by atoms with Gasteiger partial charge in [-0.25, -0.2) is 14.4 Å². The van der Waals surface area contributed by atoms with E-state index in [0.29, 0.717) is 17.7 Å². The molecule has 1 aliphatic carbocycles. The summed E-state index contributed by atoms with van der Waals surface area (Å²) in [6, 6.07) is 18.3. The van der Waals surface area contributed by atoms with Crippen molar-refractivity contribution in [3.63, 3.8) is 0 Å². The van der Waals surface area contributed by atoms with Gasteiger partial charge in [-0.2, -0.15) is 0 Å². The lowest BCUT2D eigenvalue weighted by Gasteiger charge is -2.22. The maximum absolute atomic E-state index is 14.4. The Morgan fingerprint density at radius 1 is 0.846 bits per heavy atom. The summed E-state index contributed by atoms with van der Waals surface area (Å²) in [6.45, 7) is 0. The van der Waals surface area contributed by atoms with Gasteiger partial charge in [0.1, 0.15) is 5.69 Å². The van der Waals surface area contributed by atoms with Crippen LogP contribution in [0.25, 0.3) is 22.4 Å². The number of aromatic nitrogens is 2. The summed E-state index contributed by atoms with van der Waals surface area (Å²) in [7, 11) is 0. The highest BCUT2D eigenvalue weighted by molar-refractivity contribution is 5.71. The summed E-state index contributed by atoms with van der Waals surface area (Å²) >= 11 is 0. The molecule has 0 radical (unpaired) electrons. The van der Waals surface area contributed by atoms with Crippen LogP contribution >= 0.6 is 0 Å². The van der Waals surface area contributed by atoms with E-state index in [1.54, 1.807) is 0 Å². The van der Waals surface area contributed by atoms with Crippen molar-refractivity contribution in [1.29, 1.82) is 0 Å². The fourth-order valence-corrected chi connectivity index (χ4v) is 3.55. The van der Waals surface area contributed by atoms with Gasteiger partial charge in [0.05, 0.1) is 6.20 Å². The molecule has 3 nitrogen and oxygen atoms in total. The Morgan fingerprint density at radius 2 is 1.58 bits per heavy atom. The van der Waals surface area contributed by atoms with Gasteiger partial charge < -0.3 is 5.32 Å². The van der Waals surface area contributed by atoms with Gasteiger partial charge in [-0.1, -0.05) is 67.8 Å². The lowest BCUT2D eigenvalue weighted by Crippen LogP contribution is -2.23. The first-order chi connectivity index (χ1) is 12.8. The molecule has 0 amide bonds. The highest BCUT2D eigenvalue weighted by atomic mass is 19.1. The maximum Gasteiger partial charge on any atom is 0.223 e. The third-order valence-electron chi connectivity index (χ3n) is 4.93. The Hall–Kier alpha value is -2.75. The Balaban J connectivity index is 1.63. The first-order valence-corrected chi connectivity index (χ1v) is 9.24. The van der Waals surface area contributed by atoms with E-state index in [-0.39, 0.29) is 0 Å². The van der Waals surface area contributed by atoms with Crippen LogP contribution in [0.15, 0.2) is 60.8 Å². The molecular formula is C22H22FN3. The van der Waals surface area contributed by atoms with Gasteiger partial charge in [0.25, 0.3) is 0 Å². The van der Waals surface area contributed by atoms with Gasteiger partial charge >= 0.3 is 0 Å². The summed E-state index contributed by atoms with van der Waals surface area (Å²) in [5, 5.41) is 3.38. The molecular weight excluding hydrogens is 325 g/mol. The number of hydrogen-bond donors (Lipinski definition) is 1. The highest BCUT2D eigenvalue weighted by Crippen LogP contribution is 2.28. The standard InChI is InChI=1S/C22H22FN3/c23-20-15-24-22(25-19-12-5-2-6-13-19)26-21(20)18-11-7-10-17(14-18)16-8-3-1-4-9-16/h1,3-4,7-11,14-15,19H,2,5-6,12-13H2,(H,24,25,26). The normalized spacial score (nSPS) is 15.0. The van der Waals surface area contributed by atoms with Crippen molar-refractivity contribution in [3.05, 3.63) is 66.6 Å². The number of halogens is 1. The number of nitrogens with one attached hydrogen (secondary N) is 1. The second kappa shape index (κ2) is 7.65. The zero-order valence-electron chi connectivity index (χ0n) is 14.7. The third kappa shape index (κ3) is 3.74. The molecule has 0 atom stereocenters. The molecule has 3 aromatic rings. The van der Waals surface area contributed by atoms with Crippen LogP contribution in [0.4, 0.5) is 10.3 Å².